The zero-order chi connectivity index (χ0) is 21.0. The molecule has 1 aromatic carbocycles. The number of nitrogens with one attached hydrogen (secondary N) is 1. The van der Waals surface area contributed by atoms with E-state index in [0.717, 1.165) is 4.57 Å². The normalized spacial score (nSPS) is 16.3. The van der Waals surface area contributed by atoms with Gasteiger partial charge in [0.2, 0.25) is 0 Å². The van der Waals surface area contributed by atoms with Crippen LogP contribution in [0.2, 0.25) is 0 Å². The largest absolute Gasteiger partial charge is 0.459 e. The van der Waals surface area contributed by atoms with Crippen LogP contribution in [-0.4, -0.2) is 39.1 Å². The number of aromatic nitrogens is 2. The average Bonchev–Trinajstić information content (AvgIpc) is 2.74. The molecule has 154 valence electrons. The van der Waals surface area contributed by atoms with Crippen LogP contribution in [0.25, 0.3) is 0 Å². The van der Waals surface area contributed by atoms with Gasteiger partial charge in [0.25, 0.3) is 5.56 Å². The first-order valence-corrected chi connectivity index (χ1v) is 9.40. The van der Waals surface area contributed by atoms with E-state index >= 15 is 0 Å². The van der Waals surface area contributed by atoms with Crippen LogP contribution >= 0.6 is 0 Å². The number of piperidine rings is 1. The lowest BCUT2D eigenvalue weighted by Crippen LogP contribution is -2.44. The Morgan fingerprint density at radius 1 is 1.14 bits per heavy atom. The summed E-state index contributed by atoms with van der Waals surface area (Å²) in [4.78, 5) is 50.3. The van der Waals surface area contributed by atoms with Crippen LogP contribution in [0, 0.1) is 5.92 Å². The first kappa shape index (κ1) is 20.4. The highest BCUT2D eigenvalue weighted by atomic mass is 16.5. The Kier molecular flexibility index (Phi) is 6.16. The van der Waals surface area contributed by atoms with Gasteiger partial charge in [0, 0.05) is 38.9 Å². The molecular weight excluding hydrogens is 376 g/mol. The van der Waals surface area contributed by atoms with Crippen LogP contribution in [-0.2, 0) is 30.2 Å². The molecule has 1 atom stereocenters. The molecule has 1 aromatic heterocycles. The minimum Gasteiger partial charge on any atom is -0.459 e. The van der Waals surface area contributed by atoms with Gasteiger partial charge in [-0.3, -0.25) is 18.7 Å². The van der Waals surface area contributed by atoms with Crippen molar-refractivity contribution in [3.63, 3.8) is 0 Å². The quantitative estimate of drug-likeness (QED) is 0.774. The summed E-state index contributed by atoms with van der Waals surface area (Å²) < 4.78 is 7.59. The zero-order valence-corrected chi connectivity index (χ0v) is 16.5. The first-order chi connectivity index (χ1) is 13.9. The van der Waals surface area contributed by atoms with Crippen molar-refractivity contribution < 1.29 is 14.3 Å². The summed E-state index contributed by atoms with van der Waals surface area (Å²) in [6, 6.07) is 10.1. The summed E-state index contributed by atoms with van der Waals surface area (Å²) in [6.07, 6.45) is 1.30. The topological polar surface area (TPSA) is 103 Å². The number of likely N-dealkylation sites (tertiary alicyclic amines) is 1. The van der Waals surface area contributed by atoms with Crippen molar-refractivity contribution in [2.24, 2.45) is 20.0 Å². The minimum absolute atomic E-state index is 0.173. The second-order valence-electron chi connectivity index (χ2n) is 7.06. The molecule has 3 rings (SSSR count). The second-order valence-corrected chi connectivity index (χ2v) is 7.06. The molecule has 9 nitrogen and oxygen atoms in total. The molecular formula is C20H24N4O5. The van der Waals surface area contributed by atoms with Crippen LogP contribution in [0.3, 0.4) is 0 Å². The third kappa shape index (κ3) is 4.74. The Labute approximate surface area is 167 Å². The highest BCUT2D eigenvalue weighted by molar-refractivity contribution is 5.89. The number of hydrogen-bond acceptors (Lipinski definition) is 5. The summed E-state index contributed by atoms with van der Waals surface area (Å²) >= 11 is 0. The van der Waals surface area contributed by atoms with E-state index in [0.29, 0.717) is 30.8 Å². The van der Waals surface area contributed by atoms with E-state index < -0.39 is 23.1 Å². The summed E-state index contributed by atoms with van der Waals surface area (Å²) in [7, 11) is 2.90. The highest BCUT2D eigenvalue weighted by Gasteiger charge is 2.29. The molecule has 1 N–H and O–H groups in total. The molecule has 0 bridgehead atoms. The van der Waals surface area contributed by atoms with Gasteiger partial charge in [-0.15, -0.1) is 0 Å². The Balaban J connectivity index is 1.59. The first-order valence-electron chi connectivity index (χ1n) is 9.40. The number of nitrogens with zero attached hydrogens (tertiary/aromatic N) is 3. The molecule has 1 aliphatic rings. The Morgan fingerprint density at radius 3 is 2.59 bits per heavy atom. The fraction of sp³-hybridized carbons (Fsp3) is 0.400. The molecule has 0 saturated carbocycles. The highest BCUT2D eigenvalue weighted by Crippen LogP contribution is 2.19. The lowest BCUT2D eigenvalue weighted by atomic mass is 9.98. The minimum atomic E-state index is -0.482. The summed E-state index contributed by atoms with van der Waals surface area (Å²) in [5, 5.41) is 2.81. The third-order valence-electron chi connectivity index (χ3n) is 5.05. The molecule has 1 aliphatic heterocycles. The number of ether oxygens (including phenoxy) is 1. The molecule has 2 amide bonds. The number of carbonyl (C=O) groups excluding carboxylic acids is 2. The number of carbonyl (C=O) groups is 2. The van der Waals surface area contributed by atoms with Gasteiger partial charge in [-0.1, -0.05) is 18.2 Å². The summed E-state index contributed by atoms with van der Waals surface area (Å²) in [5.74, 6) is -0.899. The molecule has 2 heterocycles. The van der Waals surface area contributed by atoms with Gasteiger partial charge < -0.3 is 15.0 Å². The van der Waals surface area contributed by atoms with Gasteiger partial charge in [0.05, 0.1) is 11.6 Å². The van der Waals surface area contributed by atoms with E-state index in [9.17, 15) is 19.2 Å². The second kappa shape index (κ2) is 8.76. The Hall–Kier alpha value is -3.36. The van der Waals surface area contributed by atoms with Crippen molar-refractivity contribution in [1.29, 1.82) is 0 Å². The van der Waals surface area contributed by atoms with Crippen LogP contribution in [0.4, 0.5) is 10.5 Å². The summed E-state index contributed by atoms with van der Waals surface area (Å²) in [5.41, 5.74) is 0.0697. The Bertz CT molecular complexity index is 1010. The maximum atomic E-state index is 12.5. The van der Waals surface area contributed by atoms with E-state index in [2.05, 4.69) is 5.32 Å². The van der Waals surface area contributed by atoms with Crippen LogP contribution in [0.5, 0.6) is 0 Å². The van der Waals surface area contributed by atoms with E-state index in [4.69, 9.17) is 4.74 Å². The van der Waals surface area contributed by atoms with Gasteiger partial charge >= 0.3 is 17.7 Å². The molecule has 2 aromatic rings. The number of anilines is 1. The third-order valence-corrected chi connectivity index (χ3v) is 5.05. The fourth-order valence-corrected chi connectivity index (χ4v) is 3.26. The lowest BCUT2D eigenvalue weighted by molar-refractivity contribution is -0.151. The average molecular weight is 400 g/mol. The maximum absolute atomic E-state index is 12.5. The van der Waals surface area contributed by atoms with Crippen molar-refractivity contribution in [2.45, 2.75) is 19.4 Å². The number of esters is 1. The monoisotopic (exact) mass is 400 g/mol. The van der Waals surface area contributed by atoms with E-state index in [1.54, 1.807) is 17.0 Å². The predicted octanol–water partition coefficient (Wildman–Crippen LogP) is 1.07. The van der Waals surface area contributed by atoms with Crippen LogP contribution < -0.4 is 16.6 Å². The standard InChI is InChI=1S/C20H24N4O5/c1-22-16(11-17(25)23(2)20(22)28)13-29-18(26)14-7-6-10-24(12-14)19(27)21-15-8-4-3-5-9-15/h3-5,8-9,11,14H,6-7,10,12-13H2,1-2H3,(H,21,27)/t14-/m1/s1. The zero-order valence-electron chi connectivity index (χ0n) is 16.5. The van der Waals surface area contributed by atoms with Gasteiger partial charge in [0.1, 0.15) is 6.61 Å². The van der Waals surface area contributed by atoms with Crippen LogP contribution in [0.1, 0.15) is 18.5 Å². The van der Waals surface area contributed by atoms with E-state index in [-0.39, 0.29) is 19.2 Å². The van der Waals surface area contributed by atoms with E-state index in [1.165, 1.54) is 24.7 Å². The van der Waals surface area contributed by atoms with Crippen molar-refractivity contribution in [3.8, 4) is 0 Å². The predicted molar refractivity (Wildman–Crippen MR) is 106 cm³/mol. The number of rotatable bonds is 4. The number of para-hydroxylation sites is 1. The Morgan fingerprint density at radius 2 is 1.86 bits per heavy atom. The number of urea groups is 1. The molecule has 0 unspecified atom stereocenters. The van der Waals surface area contributed by atoms with E-state index in [1.807, 2.05) is 18.2 Å². The smallest absolute Gasteiger partial charge is 0.330 e. The van der Waals surface area contributed by atoms with Gasteiger partial charge in [0.15, 0.2) is 0 Å². The lowest BCUT2D eigenvalue weighted by Gasteiger charge is -2.31. The molecule has 0 spiro atoms. The van der Waals surface area contributed by atoms with Crippen molar-refractivity contribution in [2.75, 3.05) is 18.4 Å². The molecule has 9 heteroatoms. The SMILES string of the molecule is Cn1c(COC(=O)[C@@H]2CCCN(C(=O)Nc3ccccc3)C2)cc(=O)n(C)c1=O. The molecule has 1 saturated heterocycles. The number of amides is 2. The molecule has 0 radical (unpaired) electrons. The number of hydrogen-bond donors (Lipinski definition) is 1. The summed E-state index contributed by atoms with van der Waals surface area (Å²) in [6.45, 7) is 0.645. The maximum Gasteiger partial charge on any atom is 0.330 e. The molecule has 29 heavy (non-hydrogen) atoms. The van der Waals surface area contributed by atoms with Crippen molar-refractivity contribution in [3.05, 3.63) is 62.9 Å². The molecule has 0 aliphatic carbocycles. The van der Waals surface area contributed by atoms with Gasteiger partial charge in [-0.25, -0.2) is 9.59 Å². The van der Waals surface area contributed by atoms with Crippen molar-refractivity contribution in [1.82, 2.24) is 14.0 Å². The van der Waals surface area contributed by atoms with Gasteiger partial charge in [-0.2, -0.15) is 0 Å². The van der Waals surface area contributed by atoms with Gasteiger partial charge in [-0.05, 0) is 25.0 Å². The fourth-order valence-electron chi connectivity index (χ4n) is 3.26. The number of benzene rings is 1. The molecule has 1 fully saturated rings. The van der Waals surface area contributed by atoms with Crippen LogP contribution in [0.15, 0.2) is 46.0 Å². The van der Waals surface area contributed by atoms with Crippen molar-refractivity contribution >= 4 is 17.7 Å².